The molecule has 32 heavy (non-hydrogen) atoms. The number of fused-ring (bicyclic) bond motifs is 2. The Morgan fingerprint density at radius 1 is 1.00 bits per heavy atom. The third-order valence-corrected chi connectivity index (χ3v) is 14.9. The van der Waals surface area contributed by atoms with Crippen molar-refractivity contribution >= 4 is 30.9 Å². The zero-order valence-corrected chi connectivity index (χ0v) is 24.2. The standard InChI is InChI=1S/C14H28O3SSi.C9H16O3S/c1-13(2,3)19(6,7)15-8-11-12-10(9-18-11)16-14(4,5)17-12;1-4-7-8-6(5-13(7)10)11-9(2,3)12-8/h10-12H,8-9H2,1-7H3;6-8H,4-5H2,1-3H3/t10-,11+,12-;6-,7+,8-,13-/m00/s1. The van der Waals surface area contributed by atoms with Gasteiger partial charge in [0.05, 0.1) is 28.5 Å². The van der Waals surface area contributed by atoms with E-state index in [0.29, 0.717) is 11.0 Å². The minimum atomic E-state index is -1.66. The van der Waals surface area contributed by atoms with E-state index >= 15 is 0 Å². The number of hydrogen-bond donors (Lipinski definition) is 0. The molecule has 0 aromatic carbocycles. The maximum Gasteiger partial charge on any atom is 0.192 e. The fraction of sp³-hybridized carbons (Fsp3) is 1.00. The highest BCUT2D eigenvalue weighted by atomic mass is 32.2. The third-order valence-electron chi connectivity index (χ3n) is 7.13. The van der Waals surface area contributed by atoms with Crippen molar-refractivity contribution in [1.82, 2.24) is 0 Å². The first-order valence-corrected chi connectivity index (χ1v) is 17.2. The van der Waals surface area contributed by atoms with Gasteiger partial charge < -0.3 is 23.4 Å². The molecule has 7 atom stereocenters. The predicted molar refractivity (Wildman–Crippen MR) is 134 cm³/mol. The molecule has 0 spiro atoms. The highest BCUT2D eigenvalue weighted by Crippen LogP contribution is 2.43. The van der Waals surface area contributed by atoms with Crippen molar-refractivity contribution in [3.8, 4) is 0 Å². The fourth-order valence-electron chi connectivity index (χ4n) is 4.43. The summed E-state index contributed by atoms with van der Waals surface area (Å²) in [6.07, 6.45) is 1.46. The molecule has 4 saturated heterocycles. The van der Waals surface area contributed by atoms with Gasteiger partial charge in [-0.15, -0.1) is 0 Å². The summed E-state index contributed by atoms with van der Waals surface area (Å²) in [5, 5.41) is 0.856. The summed E-state index contributed by atoms with van der Waals surface area (Å²) in [7, 11) is -2.41. The molecule has 4 aliphatic heterocycles. The SMILES string of the molecule is CC1(C)O[C@H]2[C@H](CS[C@@H]2CO[Si](C)(C)C(C)(C)C)O1.CC[C@@H]1[C@H]2OC(C)(C)O[C@H]2C[S@@]1=O. The molecule has 4 aliphatic rings. The van der Waals surface area contributed by atoms with Crippen LogP contribution >= 0.6 is 11.8 Å². The molecule has 0 unspecified atom stereocenters. The van der Waals surface area contributed by atoms with Crippen LogP contribution in [0.5, 0.6) is 0 Å². The molecule has 0 bridgehead atoms. The number of rotatable bonds is 4. The summed E-state index contributed by atoms with van der Waals surface area (Å²) in [5.74, 6) is 0.769. The smallest absolute Gasteiger partial charge is 0.192 e. The van der Waals surface area contributed by atoms with Crippen LogP contribution in [0.4, 0.5) is 0 Å². The van der Waals surface area contributed by atoms with Crippen LogP contribution in [0.1, 0.15) is 61.8 Å². The molecular weight excluding hydrogens is 464 g/mol. The quantitative estimate of drug-likeness (QED) is 0.511. The summed E-state index contributed by atoms with van der Waals surface area (Å²) >= 11 is 1.93. The lowest BCUT2D eigenvalue weighted by molar-refractivity contribution is -0.146. The first kappa shape index (κ1) is 27.1. The minimum Gasteiger partial charge on any atom is -0.416 e. The lowest BCUT2D eigenvalue weighted by atomic mass is 10.1. The van der Waals surface area contributed by atoms with Gasteiger partial charge >= 0.3 is 0 Å². The van der Waals surface area contributed by atoms with Gasteiger partial charge in [-0.25, -0.2) is 0 Å². The van der Waals surface area contributed by atoms with Crippen LogP contribution in [-0.2, 0) is 34.2 Å². The molecule has 9 heteroatoms. The van der Waals surface area contributed by atoms with E-state index in [-0.39, 0.29) is 34.7 Å². The van der Waals surface area contributed by atoms with Crippen LogP contribution in [0.25, 0.3) is 0 Å². The van der Waals surface area contributed by atoms with E-state index in [1.165, 1.54) is 0 Å². The van der Waals surface area contributed by atoms with Gasteiger partial charge in [-0.2, -0.15) is 11.8 Å². The molecule has 0 aliphatic carbocycles. The van der Waals surface area contributed by atoms with Crippen molar-refractivity contribution < 1.29 is 27.6 Å². The number of ether oxygens (including phenoxy) is 4. The van der Waals surface area contributed by atoms with Crippen LogP contribution in [0, 0.1) is 0 Å². The van der Waals surface area contributed by atoms with Gasteiger partial charge in [0.1, 0.15) is 12.2 Å². The van der Waals surface area contributed by atoms with Gasteiger partial charge in [-0.3, -0.25) is 4.21 Å². The monoisotopic (exact) mass is 508 g/mol. The summed E-state index contributed by atoms with van der Waals surface area (Å²) < 4.78 is 41.3. The fourth-order valence-corrected chi connectivity index (χ4v) is 8.59. The van der Waals surface area contributed by atoms with Crippen LogP contribution in [-0.4, -0.2) is 77.1 Å². The summed E-state index contributed by atoms with van der Waals surface area (Å²) in [4.78, 5) is 0. The molecule has 4 heterocycles. The van der Waals surface area contributed by atoms with Gasteiger partial charge in [-0.1, -0.05) is 27.7 Å². The van der Waals surface area contributed by atoms with Crippen LogP contribution in [0.3, 0.4) is 0 Å². The Bertz CT molecular complexity index is 692. The first-order chi connectivity index (χ1) is 14.6. The highest BCUT2D eigenvalue weighted by molar-refractivity contribution is 8.00. The first-order valence-electron chi connectivity index (χ1n) is 11.9. The average Bonchev–Trinajstić information content (AvgIpc) is 3.29. The Labute approximate surface area is 202 Å². The normalized spacial score (nSPS) is 40.0. The van der Waals surface area contributed by atoms with Crippen molar-refractivity contribution in [3.05, 3.63) is 0 Å². The summed E-state index contributed by atoms with van der Waals surface area (Å²) in [6.45, 7) is 22.1. The van der Waals surface area contributed by atoms with E-state index in [0.717, 1.165) is 18.8 Å². The highest BCUT2D eigenvalue weighted by Gasteiger charge is 2.52. The Hall–Kier alpha value is 0.517. The van der Waals surface area contributed by atoms with Crippen LogP contribution in [0.2, 0.25) is 18.1 Å². The summed E-state index contributed by atoms with van der Waals surface area (Å²) in [5.41, 5.74) is 0. The van der Waals surface area contributed by atoms with E-state index < -0.39 is 30.7 Å². The second kappa shape index (κ2) is 9.52. The molecule has 0 aromatic heterocycles. The largest absolute Gasteiger partial charge is 0.416 e. The van der Waals surface area contributed by atoms with Gasteiger partial charge in [0.2, 0.25) is 0 Å². The van der Waals surface area contributed by atoms with Crippen molar-refractivity contribution in [2.45, 2.75) is 126 Å². The van der Waals surface area contributed by atoms with Crippen LogP contribution in [0.15, 0.2) is 0 Å². The molecular formula is C23H44O6S2Si. The van der Waals surface area contributed by atoms with Crippen molar-refractivity contribution in [3.63, 3.8) is 0 Å². The molecule has 0 aromatic rings. The molecule has 188 valence electrons. The van der Waals surface area contributed by atoms with Gasteiger partial charge in [0.15, 0.2) is 19.9 Å². The van der Waals surface area contributed by atoms with Crippen LogP contribution < -0.4 is 0 Å². The lowest BCUT2D eigenvalue weighted by Gasteiger charge is -2.37. The average molecular weight is 509 g/mol. The third kappa shape index (κ3) is 6.01. The van der Waals surface area contributed by atoms with E-state index in [1.807, 2.05) is 39.5 Å². The molecule has 4 fully saturated rings. The molecule has 0 saturated carbocycles. The Morgan fingerprint density at radius 2 is 1.56 bits per heavy atom. The van der Waals surface area contributed by atoms with E-state index in [4.69, 9.17) is 23.4 Å². The Kier molecular flexibility index (Phi) is 8.07. The van der Waals surface area contributed by atoms with Gasteiger partial charge in [0.25, 0.3) is 0 Å². The number of hydrogen-bond acceptors (Lipinski definition) is 7. The zero-order chi connectivity index (χ0) is 24.1. The van der Waals surface area contributed by atoms with E-state index in [2.05, 4.69) is 40.8 Å². The lowest BCUT2D eigenvalue weighted by Crippen LogP contribution is -2.43. The molecule has 0 radical (unpaired) electrons. The number of thioether (sulfide) groups is 1. The molecule has 0 N–H and O–H groups in total. The Morgan fingerprint density at radius 3 is 2.12 bits per heavy atom. The zero-order valence-electron chi connectivity index (χ0n) is 21.6. The molecule has 0 amide bonds. The second-order valence-corrected chi connectivity index (χ2v) is 19.5. The van der Waals surface area contributed by atoms with E-state index in [1.54, 1.807) is 0 Å². The maximum absolute atomic E-state index is 11.6. The minimum absolute atomic E-state index is 0.0563. The predicted octanol–water partition coefficient (Wildman–Crippen LogP) is 4.69. The van der Waals surface area contributed by atoms with Crippen molar-refractivity contribution in [1.29, 1.82) is 0 Å². The second-order valence-electron chi connectivity index (χ2n) is 11.7. The van der Waals surface area contributed by atoms with Gasteiger partial charge in [0, 0.05) is 23.2 Å². The Balaban J connectivity index is 0.000000193. The summed E-state index contributed by atoms with van der Waals surface area (Å²) in [6, 6.07) is 0. The molecule has 6 nitrogen and oxygen atoms in total. The maximum atomic E-state index is 11.6. The molecule has 4 rings (SSSR count). The van der Waals surface area contributed by atoms with Crippen molar-refractivity contribution in [2.75, 3.05) is 18.1 Å². The van der Waals surface area contributed by atoms with Gasteiger partial charge in [-0.05, 0) is 52.2 Å². The topological polar surface area (TPSA) is 63.2 Å². The van der Waals surface area contributed by atoms with Crippen molar-refractivity contribution in [2.24, 2.45) is 0 Å². The van der Waals surface area contributed by atoms with E-state index in [9.17, 15) is 4.21 Å².